The first-order chi connectivity index (χ1) is 12.9. The molecular weight excluding hydrogens is 383 g/mol. The molecule has 2 aromatic heterocycles. The Balaban J connectivity index is 1.61. The molecule has 1 aromatic carbocycles. The quantitative estimate of drug-likeness (QED) is 0.669. The van der Waals surface area contributed by atoms with E-state index in [-0.39, 0.29) is 12.1 Å². The maximum absolute atomic E-state index is 13.0. The second-order valence-electron chi connectivity index (χ2n) is 6.05. The van der Waals surface area contributed by atoms with Gasteiger partial charge in [0.1, 0.15) is 6.33 Å². The number of alkyl halides is 3. The normalized spacial score (nSPS) is 14.3. The van der Waals surface area contributed by atoms with Crippen LogP contribution in [0, 0.1) is 0 Å². The number of carbonyl (C=O) groups is 1. The molecule has 3 aromatic rings. The number of amides is 1. The van der Waals surface area contributed by atoms with Crippen LogP contribution < -0.4 is 0 Å². The zero-order valence-electron chi connectivity index (χ0n) is 13.8. The number of carbonyl (C=O) groups excluding carboxylic acids is 1. The summed E-state index contributed by atoms with van der Waals surface area (Å²) in [5, 5.41) is 3.57. The van der Waals surface area contributed by atoms with E-state index in [9.17, 15) is 18.0 Å². The fourth-order valence-electron chi connectivity index (χ4n) is 3.12. The van der Waals surface area contributed by atoms with E-state index in [1.807, 2.05) is 0 Å². The fraction of sp³-hybridized carbons (Fsp3) is 0.235. The van der Waals surface area contributed by atoms with Crippen molar-refractivity contribution in [1.82, 2.24) is 24.4 Å². The minimum absolute atomic E-state index is 0.165. The van der Waals surface area contributed by atoms with Crippen molar-refractivity contribution in [2.24, 2.45) is 0 Å². The van der Waals surface area contributed by atoms with E-state index in [4.69, 9.17) is 11.6 Å². The summed E-state index contributed by atoms with van der Waals surface area (Å²) in [4.78, 5) is 20.1. The smallest absolute Gasteiger partial charge is 0.332 e. The van der Waals surface area contributed by atoms with Crippen molar-refractivity contribution < 1.29 is 18.0 Å². The molecule has 0 N–H and O–H groups in total. The molecule has 0 aliphatic carbocycles. The lowest BCUT2D eigenvalue weighted by atomic mass is 10.1. The van der Waals surface area contributed by atoms with Gasteiger partial charge in [0.2, 0.25) is 0 Å². The number of rotatable bonds is 2. The summed E-state index contributed by atoms with van der Waals surface area (Å²) in [5.74, 6) is -0.551. The Kier molecular flexibility index (Phi) is 4.18. The van der Waals surface area contributed by atoms with Gasteiger partial charge in [0, 0.05) is 19.2 Å². The molecule has 0 unspecified atom stereocenters. The summed E-state index contributed by atoms with van der Waals surface area (Å²) in [6.45, 7) is 0.528. The van der Waals surface area contributed by atoms with Crippen molar-refractivity contribution in [3.8, 4) is 0 Å². The largest absolute Gasteiger partial charge is 0.417 e. The SMILES string of the molecule is O=C(c1cccc(C(F)(F)F)c1Cl)N1CCc2c(ncn2-n2cccn2)C1. The predicted octanol–water partition coefficient (Wildman–Crippen LogP) is 3.26. The van der Waals surface area contributed by atoms with Crippen LogP contribution in [-0.4, -0.2) is 36.9 Å². The fourth-order valence-corrected chi connectivity index (χ4v) is 3.43. The zero-order chi connectivity index (χ0) is 19.2. The molecule has 0 spiro atoms. The Bertz CT molecular complexity index is 997. The van der Waals surface area contributed by atoms with Crippen LogP contribution in [0.2, 0.25) is 5.02 Å². The van der Waals surface area contributed by atoms with Gasteiger partial charge in [0.15, 0.2) is 0 Å². The minimum Gasteiger partial charge on any atom is -0.332 e. The number of nitrogens with zero attached hydrogens (tertiary/aromatic N) is 5. The third-order valence-corrected chi connectivity index (χ3v) is 4.83. The summed E-state index contributed by atoms with van der Waals surface area (Å²) in [7, 11) is 0. The molecule has 140 valence electrons. The van der Waals surface area contributed by atoms with E-state index in [1.54, 1.807) is 34.3 Å². The molecule has 0 saturated heterocycles. The molecular formula is C17H13ClF3N5O. The Hall–Kier alpha value is -2.81. The number of hydrogen-bond acceptors (Lipinski definition) is 3. The van der Waals surface area contributed by atoms with Crippen LogP contribution in [0.4, 0.5) is 13.2 Å². The van der Waals surface area contributed by atoms with Crippen molar-refractivity contribution in [3.05, 3.63) is 70.5 Å². The monoisotopic (exact) mass is 395 g/mol. The summed E-state index contributed by atoms with van der Waals surface area (Å²) < 4.78 is 40.9. The highest BCUT2D eigenvalue weighted by Crippen LogP contribution is 2.36. The van der Waals surface area contributed by atoms with Crippen LogP contribution in [0.5, 0.6) is 0 Å². The summed E-state index contributed by atoms with van der Waals surface area (Å²) in [6.07, 6.45) is 0.883. The van der Waals surface area contributed by atoms with Crippen LogP contribution in [0.3, 0.4) is 0 Å². The lowest BCUT2D eigenvalue weighted by molar-refractivity contribution is -0.137. The Morgan fingerprint density at radius 1 is 1.22 bits per heavy atom. The van der Waals surface area contributed by atoms with Gasteiger partial charge < -0.3 is 4.90 Å². The molecule has 3 heterocycles. The van der Waals surface area contributed by atoms with Crippen LogP contribution >= 0.6 is 11.6 Å². The van der Waals surface area contributed by atoms with Crippen LogP contribution in [-0.2, 0) is 19.1 Å². The maximum Gasteiger partial charge on any atom is 0.417 e. The van der Waals surface area contributed by atoms with Gasteiger partial charge >= 0.3 is 6.18 Å². The number of benzene rings is 1. The van der Waals surface area contributed by atoms with Gasteiger partial charge in [-0.2, -0.15) is 23.1 Å². The molecule has 0 atom stereocenters. The summed E-state index contributed by atoms with van der Waals surface area (Å²) >= 11 is 5.88. The van der Waals surface area contributed by atoms with E-state index >= 15 is 0 Å². The zero-order valence-corrected chi connectivity index (χ0v) is 14.6. The molecule has 1 amide bonds. The molecule has 10 heteroatoms. The van der Waals surface area contributed by atoms with Crippen LogP contribution in [0.25, 0.3) is 0 Å². The number of fused-ring (bicyclic) bond motifs is 1. The highest BCUT2D eigenvalue weighted by atomic mass is 35.5. The summed E-state index contributed by atoms with van der Waals surface area (Å²) in [5.41, 5.74) is 0.392. The Morgan fingerprint density at radius 3 is 2.74 bits per heavy atom. The first-order valence-electron chi connectivity index (χ1n) is 8.06. The van der Waals surface area contributed by atoms with Crippen molar-refractivity contribution in [2.45, 2.75) is 19.1 Å². The van der Waals surface area contributed by atoms with E-state index in [0.29, 0.717) is 18.7 Å². The van der Waals surface area contributed by atoms with Crippen molar-refractivity contribution in [3.63, 3.8) is 0 Å². The standard InChI is InChI=1S/C17H13ClF3N5O/c18-15-11(3-1-4-12(15)17(19,20)21)16(27)24-8-5-14-13(9-24)22-10-25(14)26-7-2-6-23-26/h1-4,6-7,10H,5,8-9H2. The summed E-state index contributed by atoms with van der Waals surface area (Å²) in [6, 6.07) is 5.13. The maximum atomic E-state index is 13.0. The second kappa shape index (κ2) is 6.41. The average Bonchev–Trinajstić information content (AvgIpc) is 3.29. The molecule has 0 bridgehead atoms. The third kappa shape index (κ3) is 3.08. The second-order valence-corrected chi connectivity index (χ2v) is 6.43. The highest BCUT2D eigenvalue weighted by molar-refractivity contribution is 6.34. The first-order valence-corrected chi connectivity index (χ1v) is 8.44. The van der Waals surface area contributed by atoms with Crippen molar-refractivity contribution in [1.29, 1.82) is 0 Å². The topological polar surface area (TPSA) is 56.0 Å². The minimum atomic E-state index is -4.62. The van der Waals surface area contributed by atoms with E-state index in [2.05, 4.69) is 10.1 Å². The molecule has 1 aliphatic heterocycles. The third-order valence-electron chi connectivity index (χ3n) is 4.42. The lowest BCUT2D eigenvalue weighted by Gasteiger charge is -2.27. The number of aromatic nitrogens is 4. The first kappa shape index (κ1) is 17.6. The van der Waals surface area contributed by atoms with Crippen LogP contribution in [0.1, 0.15) is 27.3 Å². The van der Waals surface area contributed by atoms with E-state index in [0.717, 1.165) is 11.8 Å². The Labute approximate surface area is 156 Å². The molecule has 0 fully saturated rings. The van der Waals surface area contributed by atoms with Gasteiger partial charge in [-0.05, 0) is 18.2 Å². The van der Waals surface area contributed by atoms with Gasteiger partial charge in [0.25, 0.3) is 5.91 Å². The van der Waals surface area contributed by atoms with E-state index < -0.39 is 22.7 Å². The number of imidazole rings is 1. The van der Waals surface area contributed by atoms with Crippen molar-refractivity contribution in [2.75, 3.05) is 6.54 Å². The van der Waals surface area contributed by atoms with Crippen LogP contribution in [0.15, 0.2) is 43.0 Å². The van der Waals surface area contributed by atoms with Crippen molar-refractivity contribution >= 4 is 17.5 Å². The molecule has 1 aliphatic rings. The molecule has 4 rings (SSSR count). The molecule has 0 radical (unpaired) electrons. The van der Waals surface area contributed by atoms with Gasteiger partial charge in [-0.15, -0.1) is 0 Å². The average molecular weight is 396 g/mol. The van der Waals surface area contributed by atoms with Gasteiger partial charge in [-0.3, -0.25) is 4.79 Å². The highest BCUT2D eigenvalue weighted by Gasteiger charge is 2.35. The molecule has 0 saturated carbocycles. The molecule has 27 heavy (non-hydrogen) atoms. The number of halogens is 4. The lowest BCUT2D eigenvalue weighted by Crippen LogP contribution is -2.37. The van der Waals surface area contributed by atoms with Gasteiger partial charge in [-0.25, -0.2) is 9.66 Å². The predicted molar refractivity (Wildman–Crippen MR) is 90.1 cm³/mol. The van der Waals surface area contributed by atoms with E-state index in [1.165, 1.54) is 17.0 Å². The van der Waals surface area contributed by atoms with Gasteiger partial charge in [-0.1, -0.05) is 17.7 Å². The molecule has 6 nitrogen and oxygen atoms in total. The Morgan fingerprint density at radius 2 is 2.04 bits per heavy atom. The number of hydrogen-bond donors (Lipinski definition) is 0. The van der Waals surface area contributed by atoms with Gasteiger partial charge in [0.05, 0.1) is 40.3 Å².